The van der Waals surface area contributed by atoms with E-state index in [2.05, 4.69) is 10.5 Å². The van der Waals surface area contributed by atoms with Gasteiger partial charge in [-0.25, -0.2) is 0 Å². The van der Waals surface area contributed by atoms with Crippen molar-refractivity contribution in [2.24, 2.45) is 0 Å². The number of hydrogen-bond donors (Lipinski definition) is 1. The van der Waals surface area contributed by atoms with Gasteiger partial charge in [0.1, 0.15) is 5.76 Å². The molecular formula is C13H12N2O2. The van der Waals surface area contributed by atoms with Crippen LogP contribution in [0, 0.1) is 13.8 Å². The third kappa shape index (κ3) is 1.37. The second-order valence-corrected chi connectivity index (χ2v) is 4.21. The van der Waals surface area contributed by atoms with Crippen LogP contribution in [0.1, 0.15) is 27.4 Å². The second-order valence-electron chi connectivity index (χ2n) is 4.21. The largest absolute Gasteiger partial charge is 0.361 e. The van der Waals surface area contributed by atoms with Gasteiger partial charge in [-0.3, -0.25) is 4.79 Å². The first-order chi connectivity index (χ1) is 8.18. The number of fused-ring (bicyclic) bond motifs is 1. The summed E-state index contributed by atoms with van der Waals surface area (Å²) < 4.78 is 5.18. The Morgan fingerprint density at radius 2 is 2.06 bits per heavy atom. The molecule has 86 valence electrons. The van der Waals surface area contributed by atoms with E-state index in [0.29, 0.717) is 6.54 Å². The maximum atomic E-state index is 11.6. The number of amides is 1. The predicted molar refractivity (Wildman–Crippen MR) is 62.6 cm³/mol. The first kappa shape index (κ1) is 10.1. The van der Waals surface area contributed by atoms with E-state index < -0.39 is 0 Å². The number of nitrogens with one attached hydrogen (secondary N) is 1. The molecule has 1 aromatic carbocycles. The third-order valence-corrected chi connectivity index (χ3v) is 3.15. The molecule has 17 heavy (non-hydrogen) atoms. The summed E-state index contributed by atoms with van der Waals surface area (Å²) in [5, 5.41) is 6.79. The summed E-state index contributed by atoms with van der Waals surface area (Å²) in [6, 6.07) is 5.75. The lowest BCUT2D eigenvalue weighted by Crippen LogP contribution is -2.12. The van der Waals surface area contributed by atoms with Gasteiger partial charge in [-0.05, 0) is 31.0 Å². The summed E-state index contributed by atoms with van der Waals surface area (Å²) in [5.74, 6) is 0.781. The molecule has 1 N–H and O–H groups in total. The number of benzene rings is 1. The Morgan fingerprint density at radius 3 is 2.76 bits per heavy atom. The van der Waals surface area contributed by atoms with Crippen molar-refractivity contribution in [3.8, 4) is 11.1 Å². The summed E-state index contributed by atoms with van der Waals surface area (Å²) in [5.41, 5.74) is 4.68. The van der Waals surface area contributed by atoms with E-state index in [-0.39, 0.29) is 5.91 Å². The molecule has 1 aromatic heterocycles. The SMILES string of the molecule is Cc1noc(C)c1-c1cccc2c1CNC2=O. The number of aromatic nitrogens is 1. The molecule has 4 heteroatoms. The smallest absolute Gasteiger partial charge is 0.251 e. The first-order valence-corrected chi connectivity index (χ1v) is 5.52. The average molecular weight is 228 g/mol. The molecule has 2 heterocycles. The van der Waals surface area contributed by atoms with Crippen molar-refractivity contribution in [2.45, 2.75) is 20.4 Å². The van der Waals surface area contributed by atoms with Gasteiger partial charge in [0.2, 0.25) is 0 Å². The molecular weight excluding hydrogens is 216 g/mol. The number of rotatable bonds is 1. The number of carbonyl (C=O) groups excluding carboxylic acids is 1. The van der Waals surface area contributed by atoms with Crippen molar-refractivity contribution < 1.29 is 9.32 Å². The van der Waals surface area contributed by atoms with Crippen LogP contribution in [0.25, 0.3) is 11.1 Å². The Morgan fingerprint density at radius 1 is 1.29 bits per heavy atom. The number of nitrogens with zero attached hydrogens (tertiary/aromatic N) is 1. The van der Waals surface area contributed by atoms with Crippen molar-refractivity contribution in [2.75, 3.05) is 0 Å². The monoisotopic (exact) mass is 228 g/mol. The van der Waals surface area contributed by atoms with Crippen LogP contribution in [-0.4, -0.2) is 11.1 Å². The molecule has 0 aliphatic carbocycles. The van der Waals surface area contributed by atoms with Gasteiger partial charge in [-0.15, -0.1) is 0 Å². The lowest BCUT2D eigenvalue weighted by molar-refractivity contribution is 0.0966. The van der Waals surface area contributed by atoms with Gasteiger partial charge in [0.15, 0.2) is 0 Å². The number of aryl methyl sites for hydroxylation is 2. The van der Waals surface area contributed by atoms with Crippen LogP contribution in [0.2, 0.25) is 0 Å². The van der Waals surface area contributed by atoms with Crippen LogP contribution >= 0.6 is 0 Å². The van der Waals surface area contributed by atoms with Crippen LogP contribution in [0.3, 0.4) is 0 Å². The van der Waals surface area contributed by atoms with Crippen LogP contribution in [0.5, 0.6) is 0 Å². The Bertz CT molecular complexity index is 594. The molecule has 4 nitrogen and oxygen atoms in total. The van der Waals surface area contributed by atoms with E-state index in [0.717, 1.165) is 33.7 Å². The standard InChI is InChI=1S/C13H12N2O2/c1-7-12(8(2)17-15-7)9-4-3-5-10-11(9)6-14-13(10)16/h3-5H,6H2,1-2H3,(H,14,16). The highest BCUT2D eigenvalue weighted by atomic mass is 16.5. The molecule has 1 aliphatic rings. The van der Waals surface area contributed by atoms with E-state index in [9.17, 15) is 4.79 Å². The van der Waals surface area contributed by atoms with Crippen LogP contribution < -0.4 is 5.32 Å². The molecule has 0 fully saturated rings. The first-order valence-electron chi connectivity index (χ1n) is 5.52. The zero-order chi connectivity index (χ0) is 12.0. The van der Waals surface area contributed by atoms with Gasteiger partial charge < -0.3 is 9.84 Å². The molecule has 0 spiro atoms. The normalized spacial score (nSPS) is 13.6. The van der Waals surface area contributed by atoms with Gasteiger partial charge in [-0.1, -0.05) is 17.3 Å². The zero-order valence-electron chi connectivity index (χ0n) is 9.70. The lowest BCUT2D eigenvalue weighted by Gasteiger charge is -2.05. The Balaban J connectivity index is 2.27. The summed E-state index contributed by atoms with van der Waals surface area (Å²) in [7, 11) is 0. The number of carbonyl (C=O) groups is 1. The maximum Gasteiger partial charge on any atom is 0.251 e. The van der Waals surface area contributed by atoms with Crippen LogP contribution in [-0.2, 0) is 6.54 Å². The summed E-state index contributed by atoms with van der Waals surface area (Å²) in [6.07, 6.45) is 0. The highest BCUT2D eigenvalue weighted by Crippen LogP contribution is 2.33. The fourth-order valence-electron chi connectivity index (χ4n) is 2.36. The van der Waals surface area contributed by atoms with Gasteiger partial charge in [0, 0.05) is 17.7 Å². The van der Waals surface area contributed by atoms with E-state index in [1.165, 1.54) is 0 Å². The lowest BCUT2D eigenvalue weighted by atomic mass is 9.96. The molecule has 0 bridgehead atoms. The molecule has 0 atom stereocenters. The van der Waals surface area contributed by atoms with E-state index >= 15 is 0 Å². The minimum absolute atomic E-state index is 0.00592. The van der Waals surface area contributed by atoms with Gasteiger partial charge >= 0.3 is 0 Å². The van der Waals surface area contributed by atoms with E-state index in [4.69, 9.17) is 4.52 Å². The predicted octanol–water partition coefficient (Wildman–Crippen LogP) is 2.20. The summed E-state index contributed by atoms with van der Waals surface area (Å²) in [6.45, 7) is 4.38. The summed E-state index contributed by atoms with van der Waals surface area (Å²) in [4.78, 5) is 11.6. The Kier molecular flexibility index (Phi) is 2.04. The molecule has 3 rings (SSSR count). The molecule has 1 amide bonds. The third-order valence-electron chi connectivity index (χ3n) is 3.15. The second kappa shape index (κ2) is 3.45. The number of hydrogen-bond acceptors (Lipinski definition) is 3. The fraction of sp³-hybridized carbons (Fsp3) is 0.231. The Labute approximate surface area is 98.6 Å². The molecule has 0 saturated carbocycles. The van der Waals surface area contributed by atoms with Crippen LogP contribution in [0.4, 0.5) is 0 Å². The van der Waals surface area contributed by atoms with Gasteiger partial charge in [0.25, 0.3) is 5.91 Å². The zero-order valence-corrected chi connectivity index (χ0v) is 9.70. The Hall–Kier alpha value is -2.10. The molecule has 0 saturated heterocycles. The quantitative estimate of drug-likeness (QED) is 0.814. The molecule has 0 radical (unpaired) electrons. The maximum absolute atomic E-state index is 11.6. The van der Waals surface area contributed by atoms with E-state index in [1.54, 1.807) is 0 Å². The minimum atomic E-state index is -0.00592. The highest BCUT2D eigenvalue weighted by Gasteiger charge is 2.24. The topological polar surface area (TPSA) is 55.1 Å². The molecule has 1 aliphatic heterocycles. The van der Waals surface area contributed by atoms with Crippen molar-refractivity contribution in [3.05, 3.63) is 40.8 Å². The fourth-order valence-corrected chi connectivity index (χ4v) is 2.36. The van der Waals surface area contributed by atoms with Crippen molar-refractivity contribution in [1.29, 1.82) is 0 Å². The van der Waals surface area contributed by atoms with Gasteiger partial charge in [-0.2, -0.15) is 0 Å². The highest BCUT2D eigenvalue weighted by molar-refractivity contribution is 6.00. The summed E-state index contributed by atoms with van der Waals surface area (Å²) >= 11 is 0. The molecule has 0 unspecified atom stereocenters. The van der Waals surface area contributed by atoms with Crippen molar-refractivity contribution >= 4 is 5.91 Å². The van der Waals surface area contributed by atoms with E-state index in [1.807, 2.05) is 32.0 Å². The van der Waals surface area contributed by atoms with Crippen LogP contribution in [0.15, 0.2) is 22.7 Å². The average Bonchev–Trinajstić information content (AvgIpc) is 2.84. The minimum Gasteiger partial charge on any atom is -0.361 e. The van der Waals surface area contributed by atoms with Crippen molar-refractivity contribution in [1.82, 2.24) is 10.5 Å². The van der Waals surface area contributed by atoms with Crippen molar-refractivity contribution in [3.63, 3.8) is 0 Å². The van der Waals surface area contributed by atoms with Gasteiger partial charge in [0.05, 0.1) is 5.69 Å². The molecule has 2 aromatic rings.